The maximum Gasteiger partial charge on any atom is 0.324 e. The van der Waals surface area contributed by atoms with Crippen LogP contribution in [0.15, 0.2) is 0 Å². The Balaban J connectivity index is 2.63. The molecule has 1 unspecified atom stereocenters. The van der Waals surface area contributed by atoms with Crippen LogP contribution in [0.4, 0.5) is 0 Å². The van der Waals surface area contributed by atoms with Gasteiger partial charge in [-0.05, 0) is 33.2 Å². The predicted molar refractivity (Wildman–Crippen MR) is 47.1 cm³/mol. The maximum absolute atomic E-state index is 10.9. The number of aliphatic carboxylic acids is 1. The third kappa shape index (κ3) is 1.33. The summed E-state index contributed by atoms with van der Waals surface area (Å²) in [5, 5.41) is 8.98. The summed E-state index contributed by atoms with van der Waals surface area (Å²) < 4.78 is 0. The fraction of sp³-hybridized carbons (Fsp3) is 0.889. The lowest BCUT2D eigenvalue weighted by atomic mass is 10.1. The van der Waals surface area contributed by atoms with Gasteiger partial charge < -0.3 is 5.11 Å². The van der Waals surface area contributed by atoms with Gasteiger partial charge in [0, 0.05) is 6.04 Å². The molecular weight excluding hydrogens is 154 g/mol. The van der Waals surface area contributed by atoms with Crippen LogP contribution in [0, 0.1) is 0 Å². The molecule has 1 saturated carbocycles. The molecule has 0 spiro atoms. The highest BCUT2D eigenvalue weighted by molar-refractivity contribution is 5.82. The van der Waals surface area contributed by atoms with Crippen LogP contribution in [-0.2, 0) is 4.79 Å². The highest BCUT2D eigenvalue weighted by atomic mass is 16.4. The van der Waals surface area contributed by atoms with Gasteiger partial charge in [-0.1, -0.05) is 6.92 Å². The molecule has 0 aliphatic heterocycles. The van der Waals surface area contributed by atoms with E-state index in [9.17, 15) is 4.79 Å². The minimum atomic E-state index is -0.662. The average Bonchev–Trinajstić information content (AvgIpc) is 2.81. The molecule has 0 bridgehead atoms. The molecule has 12 heavy (non-hydrogen) atoms. The number of carbonyl (C=O) groups is 1. The van der Waals surface area contributed by atoms with Crippen LogP contribution in [0.2, 0.25) is 0 Å². The number of carboxylic acids is 1. The van der Waals surface area contributed by atoms with Crippen molar-refractivity contribution in [1.82, 2.24) is 4.90 Å². The first-order chi connectivity index (χ1) is 5.54. The monoisotopic (exact) mass is 171 g/mol. The zero-order valence-corrected chi connectivity index (χ0v) is 8.00. The molecule has 0 aromatic carbocycles. The van der Waals surface area contributed by atoms with Gasteiger partial charge >= 0.3 is 5.97 Å². The molecule has 1 aliphatic rings. The predicted octanol–water partition coefficient (Wildman–Crippen LogP) is 1.33. The van der Waals surface area contributed by atoms with Crippen molar-refractivity contribution in [3.05, 3.63) is 0 Å². The average molecular weight is 171 g/mol. The molecule has 1 atom stereocenters. The molecule has 0 amide bonds. The zero-order chi connectivity index (χ0) is 9.35. The Hall–Kier alpha value is -0.570. The molecule has 3 nitrogen and oxygen atoms in total. The molecule has 0 aromatic heterocycles. The van der Waals surface area contributed by atoms with E-state index in [-0.39, 0.29) is 0 Å². The van der Waals surface area contributed by atoms with E-state index >= 15 is 0 Å². The summed E-state index contributed by atoms with van der Waals surface area (Å²) in [4.78, 5) is 12.9. The Morgan fingerprint density at radius 1 is 1.67 bits per heavy atom. The zero-order valence-electron chi connectivity index (χ0n) is 8.00. The molecule has 70 valence electrons. The van der Waals surface area contributed by atoms with E-state index in [1.807, 2.05) is 11.9 Å². The Morgan fingerprint density at radius 2 is 2.17 bits per heavy atom. The van der Waals surface area contributed by atoms with E-state index < -0.39 is 11.5 Å². The van der Waals surface area contributed by atoms with Gasteiger partial charge in [-0.3, -0.25) is 9.69 Å². The topological polar surface area (TPSA) is 40.5 Å². The highest BCUT2D eigenvalue weighted by Crippen LogP contribution is 2.42. The van der Waals surface area contributed by atoms with Crippen molar-refractivity contribution in [3.63, 3.8) is 0 Å². The van der Waals surface area contributed by atoms with E-state index in [2.05, 4.69) is 13.8 Å². The first-order valence-electron chi connectivity index (χ1n) is 4.51. The largest absolute Gasteiger partial charge is 0.480 e. The number of rotatable bonds is 4. The Kier molecular flexibility index (Phi) is 2.42. The highest BCUT2D eigenvalue weighted by Gasteiger charge is 2.54. The van der Waals surface area contributed by atoms with Crippen molar-refractivity contribution in [3.8, 4) is 0 Å². The van der Waals surface area contributed by atoms with Crippen molar-refractivity contribution < 1.29 is 9.90 Å². The van der Waals surface area contributed by atoms with Crippen LogP contribution in [0.1, 0.15) is 33.1 Å². The smallest absolute Gasteiger partial charge is 0.324 e. The maximum atomic E-state index is 10.9. The van der Waals surface area contributed by atoms with Gasteiger partial charge in [0.1, 0.15) is 5.54 Å². The van der Waals surface area contributed by atoms with Gasteiger partial charge in [-0.25, -0.2) is 0 Å². The Morgan fingerprint density at radius 3 is 2.42 bits per heavy atom. The van der Waals surface area contributed by atoms with Crippen molar-refractivity contribution in [2.24, 2.45) is 0 Å². The molecule has 0 heterocycles. The van der Waals surface area contributed by atoms with E-state index in [1.54, 1.807) is 0 Å². The summed E-state index contributed by atoms with van der Waals surface area (Å²) >= 11 is 0. The first kappa shape index (κ1) is 9.52. The van der Waals surface area contributed by atoms with Crippen molar-refractivity contribution >= 4 is 5.97 Å². The minimum absolute atomic E-state index is 0.364. The number of hydrogen-bond donors (Lipinski definition) is 1. The van der Waals surface area contributed by atoms with Crippen LogP contribution >= 0.6 is 0 Å². The van der Waals surface area contributed by atoms with Crippen LogP contribution in [0.5, 0.6) is 0 Å². The quantitative estimate of drug-likeness (QED) is 0.693. The van der Waals surface area contributed by atoms with Crippen molar-refractivity contribution in [2.75, 3.05) is 7.05 Å². The summed E-state index contributed by atoms with van der Waals surface area (Å²) in [5.41, 5.74) is -0.518. The fourth-order valence-electron chi connectivity index (χ4n) is 1.53. The molecule has 0 aromatic rings. The standard InChI is InChI=1S/C9H17NO2/c1-4-7(2)10(3)9(5-6-9)8(11)12/h7H,4-6H2,1-3H3,(H,11,12). The summed E-state index contributed by atoms with van der Waals surface area (Å²) in [5.74, 6) is -0.662. The summed E-state index contributed by atoms with van der Waals surface area (Å²) in [7, 11) is 1.91. The lowest BCUT2D eigenvalue weighted by molar-refractivity contribution is -0.145. The second-order valence-corrected chi connectivity index (χ2v) is 3.70. The van der Waals surface area contributed by atoms with Gasteiger partial charge in [0.2, 0.25) is 0 Å². The number of hydrogen-bond acceptors (Lipinski definition) is 2. The molecule has 0 saturated heterocycles. The lowest BCUT2D eigenvalue weighted by Crippen LogP contribution is -2.45. The third-order valence-corrected chi connectivity index (χ3v) is 3.05. The van der Waals surface area contributed by atoms with Crippen LogP contribution in [-0.4, -0.2) is 34.6 Å². The van der Waals surface area contributed by atoms with E-state index in [0.717, 1.165) is 19.3 Å². The normalized spacial score (nSPS) is 22.3. The van der Waals surface area contributed by atoms with Gasteiger partial charge in [0.25, 0.3) is 0 Å². The van der Waals surface area contributed by atoms with Crippen LogP contribution in [0.3, 0.4) is 0 Å². The van der Waals surface area contributed by atoms with Crippen LogP contribution < -0.4 is 0 Å². The minimum Gasteiger partial charge on any atom is -0.480 e. The molecule has 1 N–H and O–H groups in total. The van der Waals surface area contributed by atoms with Crippen molar-refractivity contribution in [1.29, 1.82) is 0 Å². The summed E-state index contributed by atoms with van der Waals surface area (Å²) in [6, 6.07) is 0.364. The van der Waals surface area contributed by atoms with E-state index in [1.165, 1.54) is 0 Å². The summed E-state index contributed by atoms with van der Waals surface area (Å²) in [6.07, 6.45) is 2.62. The molecule has 1 fully saturated rings. The first-order valence-corrected chi connectivity index (χ1v) is 4.51. The number of carboxylic acid groups (broad SMARTS) is 1. The van der Waals surface area contributed by atoms with Crippen LogP contribution in [0.25, 0.3) is 0 Å². The summed E-state index contributed by atoms with van der Waals surface area (Å²) in [6.45, 7) is 4.15. The van der Waals surface area contributed by atoms with E-state index in [0.29, 0.717) is 6.04 Å². The van der Waals surface area contributed by atoms with Gasteiger partial charge in [0.15, 0.2) is 0 Å². The molecule has 3 heteroatoms. The molecular formula is C9H17NO2. The second-order valence-electron chi connectivity index (χ2n) is 3.70. The second kappa shape index (κ2) is 3.05. The molecule has 1 rings (SSSR count). The Labute approximate surface area is 73.4 Å². The van der Waals surface area contributed by atoms with Gasteiger partial charge in [0.05, 0.1) is 0 Å². The van der Waals surface area contributed by atoms with E-state index in [4.69, 9.17) is 5.11 Å². The number of likely N-dealkylation sites (N-methyl/N-ethyl adjacent to an activating group) is 1. The third-order valence-electron chi connectivity index (χ3n) is 3.05. The fourth-order valence-corrected chi connectivity index (χ4v) is 1.53. The molecule has 0 radical (unpaired) electrons. The SMILES string of the molecule is CCC(C)N(C)C1(C(=O)O)CC1. The number of nitrogens with zero attached hydrogens (tertiary/aromatic N) is 1. The Bertz CT molecular complexity index is 187. The van der Waals surface area contributed by atoms with Crippen molar-refractivity contribution in [2.45, 2.75) is 44.7 Å². The lowest BCUT2D eigenvalue weighted by Gasteiger charge is -2.29. The molecule has 1 aliphatic carbocycles. The van der Waals surface area contributed by atoms with Gasteiger partial charge in [-0.15, -0.1) is 0 Å². The van der Waals surface area contributed by atoms with Gasteiger partial charge in [-0.2, -0.15) is 0 Å².